The van der Waals surface area contributed by atoms with Gasteiger partial charge in [-0.3, -0.25) is 9.69 Å². The minimum atomic E-state index is -0.993. The Kier molecular flexibility index (Phi) is 7.79. The van der Waals surface area contributed by atoms with Crippen molar-refractivity contribution in [2.45, 2.75) is 64.1 Å². The summed E-state index contributed by atoms with van der Waals surface area (Å²) in [5, 5.41) is 0. The van der Waals surface area contributed by atoms with Crippen LogP contribution < -0.4 is 14.5 Å². The normalized spacial score (nSPS) is 21.6. The zero-order valence-electron chi connectivity index (χ0n) is 24.7. The molecule has 3 fully saturated rings. The van der Waals surface area contributed by atoms with Gasteiger partial charge in [-0.2, -0.15) is 9.97 Å². The van der Waals surface area contributed by atoms with Gasteiger partial charge < -0.3 is 24.3 Å². The number of aryl methyl sites for hydroxylation is 1. The molecule has 42 heavy (non-hydrogen) atoms. The number of hydrogen-bond acceptors (Lipinski definition) is 7. The highest BCUT2D eigenvalue weighted by Crippen LogP contribution is 2.39. The Morgan fingerprint density at radius 1 is 1.14 bits per heavy atom. The smallest absolute Gasteiger partial charge is 0.318 e. The molecular formula is C32H40FN7O2. The van der Waals surface area contributed by atoms with Crippen LogP contribution in [0.5, 0.6) is 6.01 Å². The number of carbonyl (C=O) groups excluding carboxylic acids is 1. The van der Waals surface area contributed by atoms with Crippen LogP contribution in [0.1, 0.15) is 48.1 Å². The Balaban J connectivity index is 1.32. The number of benzene rings is 1. The van der Waals surface area contributed by atoms with Crippen molar-refractivity contribution >= 4 is 17.4 Å². The van der Waals surface area contributed by atoms with Gasteiger partial charge in [-0.05, 0) is 76.2 Å². The number of fused-ring (bicyclic) bond motifs is 2. The molecule has 3 saturated heterocycles. The number of carbonyl (C=O) groups is 1. The van der Waals surface area contributed by atoms with E-state index in [4.69, 9.17) is 21.3 Å². The Bertz CT molecular complexity index is 1410. The molecule has 0 radical (unpaired) electrons. The third-order valence-electron chi connectivity index (χ3n) is 9.80. The summed E-state index contributed by atoms with van der Waals surface area (Å²) in [4.78, 5) is 34.6. The highest BCUT2D eigenvalue weighted by molar-refractivity contribution is 5.91. The largest absolute Gasteiger partial charge is 0.461 e. The molecule has 0 spiro atoms. The van der Waals surface area contributed by atoms with E-state index in [1.807, 2.05) is 0 Å². The van der Waals surface area contributed by atoms with Gasteiger partial charge in [-0.1, -0.05) is 18.7 Å². The van der Waals surface area contributed by atoms with E-state index in [1.165, 1.54) is 34.6 Å². The van der Waals surface area contributed by atoms with Crippen LogP contribution in [0.3, 0.4) is 0 Å². The number of rotatable bonds is 7. The molecule has 4 aliphatic rings. The van der Waals surface area contributed by atoms with Crippen LogP contribution >= 0.6 is 0 Å². The highest BCUT2D eigenvalue weighted by atomic mass is 19.1. The van der Waals surface area contributed by atoms with Crippen molar-refractivity contribution in [3.8, 4) is 6.01 Å². The van der Waals surface area contributed by atoms with E-state index < -0.39 is 17.8 Å². The van der Waals surface area contributed by atoms with Crippen molar-refractivity contribution in [2.75, 3.05) is 62.2 Å². The highest BCUT2D eigenvalue weighted by Gasteiger charge is 2.45. The first kappa shape index (κ1) is 28.4. The first-order valence-electron chi connectivity index (χ1n) is 15.1. The van der Waals surface area contributed by atoms with E-state index in [-0.39, 0.29) is 12.1 Å². The fourth-order valence-corrected chi connectivity index (χ4v) is 7.39. The van der Waals surface area contributed by atoms with Gasteiger partial charge in [0.15, 0.2) is 5.83 Å². The molecule has 0 unspecified atom stereocenters. The summed E-state index contributed by atoms with van der Waals surface area (Å²) in [5.74, 6) is -0.922. The maximum Gasteiger partial charge on any atom is 0.318 e. The van der Waals surface area contributed by atoms with E-state index in [2.05, 4.69) is 58.2 Å². The van der Waals surface area contributed by atoms with Gasteiger partial charge in [0.25, 0.3) is 5.91 Å². The van der Waals surface area contributed by atoms with Crippen LogP contribution in [0.15, 0.2) is 30.6 Å². The van der Waals surface area contributed by atoms with Gasteiger partial charge in [-0.15, -0.1) is 0 Å². The maximum atomic E-state index is 13.8. The predicted octanol–water partition coefficient (Wildman–Crippen LogP) is 4.08. The second kappa shape index (κ2) is 11.5. The molecule has 0 aliphatic carbocycles. The minimum absolute atomic E-state index is 0.0750. The van der Waals surface area contributed by atoms with Crippen molar-refractivity contribution < 1.29 is 13.9 Å². The lowest BCUT2D eigenvalue weighted by atomic mass is 9.95. The molecular weight excluding hydrogens is 533 g/mol. The van der Waals surface area contributed by atoms with Crippen LogP contribution in [-0.4, -0.2) is 89.7 Å². The summed E-state index contributed by atoms with van der Waals surface area (Å²) in [6, 6.07) is 6.35. The second-order valence-corrected chi connectivity index (χ2v) is 12.2. The number of hydrogen-bond donors (Lipinski definition) is 0. The Labute approximate surface area is 247 Å². The van der Waals surface area contributed by atoms with Crippen molar-refractivity contribution in [3.63, 3.8) is 0 Å². The number of nitrogens with zero attached hydrogens (tertiary/aromatic N) is 7. The van der Waals surface area contributed by atoms with Crippen LogP contribution in [-0.2, 0) is 17.8 Å². The average Bonchev–Trinajstić information content (AvgIpc) is 3.57. The topological polar surface area (TPSA) is 69.4 Å². The van der Waals surface area contributed by atoms with Gasteiger partial charge >= 0.3 is 6.01 Å². The summed E-state index contributed by atoms with van der Waals surface area (Å²) in [6.45, 7) is 20.5. The fourth-order valence-electron chi connectivity index (χ4n) is 7.39. The summed E-state index contributed by atoms with van der Waals surface area (Å²) in [6.07, 6.45) is 5.44. The van der Waals surface area contributed by atoms with Crippen LogP contribution in [0.25, 0.3) is 4.85 Å². The minimum Gasteiger partial charge on any atom is -0.461 e. The number of aromatic nitrogens is 2. The quantitative estimate of drug-likeness (QED) is 0.365. The summed E-state index contributed by atoms with van der Waals surface area (Å²) in [5.41, 5.74) is 5.85. The Morgan fingerprint density at radius 2 is 1.93 bits per heavy atom. The zero-order valence-corrected chi connectivity index (χ0v) is 24.7. The standard InChI is InChI=1S/C32H40FN7O2/c1-22-8-5-9-28(23(22)2)37-15-10-26-27(20-37)35-31(42-21-32-11-6-13-39(32)14-7-12-32)36-29(26)38-16-17-40(30(41)24(3)33)25(19-38)18-34-4/h5,8-9,25H,3,6-7,10-21H2,1-2H3/t25-/m0/s1. The lowest BCUT2D eigenvalue weighted by Crippen LogP contribution is -2.57. The van der Waals surface area contributed by atoms with Crippen molar-refractivity contribution in [1.29, 1.82) is 0 Å². The third-order valence-corrected chi connectivity index (χ3v) is 9.80. The number of piperazine rings is 1. The Morgan fingerprint density at radius 3 is 2.67 bits per heavy atom. The van der Waals surface area contributed by atoms with Crippen molar-refractivity contribution in [1.82, 2.24) is 19.8 Å². The second-order valence-electron chi connectivity index (χ2n) is 12.2. The van der Waals surface area contributed by atoms with Gasteiger partial charge in [0.2, 0.25) is 6.54 Å². The Hall–Kier alpha value is -3.71. The maximum absolute atomic E-state index is 13.8. The van der Waals surface area contributed by atoms with Gasteiger partial charge in [0, 0.05) is 37.4 Å². The van der Waals surface area contributed by atoms with Gasteiger partial charge in [0.1, 0.15) is 18.5 Å². The molecule has 1 atom stereocenters. The molecule has 10 heteroatoms. The van der Waals surface area contributed by atoms with Crippen LogP contribution in [0.2, 0.25) is 0 Å². The molecule has 4 aliphatic heterocycles. The fraction of sp³-hybridized carbons (Fsp3) is 0.562. The molecule has 0 N–H and O–H groups in total. The molecule has 2 aromatic rings. The van der Waals surface area contributed by atoms with Crippen molar-refractivity contribution in [2.24, 2.45) is 0 Å². The number of halogens is 1. The predicted molar refractivity (Wildman–Crippen MR) is 160 cm³/mol. The summed E-state index contributed by atoms with van der Waals surface area (Å²) < 4.78 is 20.3. The van der Waals surface area contributed by atoms with Crippen molar-refractivity contribution in [3.05, 3.63) is 64.4 Å². The van der Waals surface area contributed by atoms with E-state index >= 15 is 0 Å². The molecule has 6 rings (SSSR count). The molecule has 222 valence electrons. The molecule has 1 aromatic heterocycles. The molecule has 0 bridgehead atoms. The van der Waals surface area contributed by atoms with E-state index in [1.54, 1.807) is 0 Å². The molecule has 0 saturated carbocycles. The average molecular weight is 574 g/mol. The van der Waals surface area contributed by atoms with E-state index in [9.17, 15) is 9.18 Å². The molecule has 1 amide bonds. The summed E-state index contributed by atoms with van der Waals surface area (Å²) in [7, 11) is 0. The van der Waals surface area contributed by atoms with Crippen LogP contribution in [0.4, 0.5) is 15.9 Å². The lowest BCUT2D eigenvalue weighted by molar-refractivity contribution is -0.131. The van der Waals surface area contributed by atoms with E-state index in [0.717, 1.165) is 56.0 Å². The first-order chi connectivity index (χ1) is 20.3. The monoisotopic (exact) mass is 573 g/mol. The number of amides is 1. The lowest BCUT2D eigenvalue weighted by Gasteiger charge is -2.41. The molecule has 9 nitrogen and oxygen atoms in total. The zero-order chi connectivity index (χ0) is 29.4. The molecule has 1 aromatic carbocycles. The third kappa shape index (κ3) is 5.19. The summed E-state index contributed by atoms with van der Waals surface area (Å²) >= 11 is 0. The van der Waals surface area contributed by atoms with Gasteiger partial charge in [-0.25, -0.2) is 11.0 Å². The first-order valence-corrected chi connectivity index (χ1v) is 15.1. The SMILES string of the molecule is [C-]#[N+]C[C@H]1CN(c2nc(OCC34CCCN3CCC4)nc3c2CCN(c2cccc(C)c2C)C3)CCN1C(=O)C(=C)F. The number of ether oxygens (including phenoxy) is 1. The van der Waals surface area contributed by atoms with E-state index in [0.29, 0.717) is 38.8 Å². The number of anilines is 2. The molecule has 5 heterocycles. The van der Waals surface area contributed by atoms with Gasteiger partial charge in [0.05, 0.1) is 17.8 Å². The van der Waals surface area contributed by atoms with Crippen LogP contribution in [0, 0.1) is 20.4 Å².